The number of halogens is 1. The van der Waals surface area contributed by atoms with E-state index in [9.17, 15) is 14.5 Å². The minimum Gasteiger partial charge on any atom is -0.369 e. The van der Waals surface area contributed by atoms with Gasteiger partial charge in [0.1, 0.15) is 12.4 Å². The van der Waals surface area contributed by atoms with Crippen molar-refractivity contribution in [2.75, 3.05) is 49.6 Å². The fourth-order valence-electron chi connectivity index (χ4n) is 4.15. The molecule has 0 unspecified atom stereocenters. The molecule has 1 heterocycles. The number of hydrogen-bond donors (Lipinski definition) is 1. The molecule has 32 heavy (non-hydrogen) atoms. The molecule has 1 fully saturated rings. The van der Waals surface area contributed by atoms with E-state index in [4.69, 9.17) is 0 Å². The van der Waals surface area contributed by atoms with Gasteiger partial charge in [-0.3, -0.25) is 15.0 Å². The van der Waals surface area contributed by atoms with Gasteiger partial charge in [-0.2, -0.15) is 0 Å². The van der Waals surface area contributed by atoms with Crippen molar-refractivity contribution in [2.24, 2.45) is 0 Å². The van der Waals surface area contributed by atoms with Gasteiger partial charge < -0.3 is 10.2 Å². The van der Waals surface area contributed by atoms with Gasteiger partial charge in [-0.25, -0.2) is 4.39 Å². The van der Waals surface area contributed by atoms with Gasteiger partial charge in [0.2, 0.25) is 0 Å². The van der Waals surface area contributed by atoms with E-state index in [1.165, 1.54) is 0 Å². The fourth-order valence-corrected chi connectivity index (χ4v) is 4.15. The Hall–Kier alpha value is -3.45. The second-order valence-corrected chi connectivity index (χ2v) is 7.87. The molecule has 1 aliphatic heterocycles. The van der Waals surface area contributed by atoms with Crippen LogP contribution in [0.25, 0.3) is 0 Å². The first-order chi connectivity index (χ1) is 15.7. The first-order valence-corrected chi connectivity index (χ1v) is 10.8. The standard InChI is InChI=1S/C25H27FN4O2/c26-13-14-28-15-17-29(18-16-28)22-11-12-24(30(31)32)23(19-22)27-25(20-7-3-1-4-8-20)21-9-5-2-6-10-21/h1-12,19,25,27H,13-18H2. The molecule has 1 N–H and O–H groups in total. The summed E-state index contributed by atoms with van der Waals surface area (Å²) in [6.07, 6.45) is 0. The molecule has 166 valence electrons. The van der Waals surface area contributed by atoms with E-state index >= 15 is 0 Å². The zero-order valence-corrected chi connectivity index (χ0v) is 17.9. The third-order valence-corrected chi connectivity index (χ3v) is 5.88. The summed E-state index contributed by atoms with van der Waals surface area (Å²) >= 11 is 0. The van der Waals surface area contributed by atoms with Gasteiger partial charge in [0, 0.05) is 44.5 Å². The summed E-state index contributed by atoms with van der Waals surface area (Å²) in [5.74, 6) is 0. The number of benzene rings is 3. The normalized spacial score (nSPS) is 14.5. The monoisotopic (exact) mass is 434 g/mol. The van der Waals surface area contributed by atoms with Gasteiger partial charge in [-0.05, 0) is 23.3 Å². The molecule has 7 heteroatoms. The molecule has 0 aliphatic carbocycles. The average Bonchev–Trinajstić information content (AvgIpc) is 2.84. The van der Waals surface area contributed by atoms with Gasteiger partial charge >= 0.3 is 0 Å². The molecular weight excluding hydrogens is 407 g/mol. The van der Waals surface area contributed by atoms with E-state index in [0.717, 1.165) is 43.0 Å². The Bertz CT molecular complexity index is 985. The van der Waals surface area contributed by atoms with Crippen molar-refractivity contribution in [3.63, 3.8) is 0 Å². The van der Waals surface area contributed by atoms with Crippen molar-refractivity contribution in [3.05, 3.63) is 100 Å². The SMILES string of the molecule is O=[N+]([O-])c1ccc(N2CCN(CCF)CC2)cc1NC(c1ccccc1)c1ccccc1. The summed E-state index contributed by atoms with van der Waals surface area (Å²) in [5.41, 5.74) is 3.51. The van der Waals surface area contributed by atoms with Crippen LogP contribution in [0.3, 0.4) is 0 Å². The fraction of sp³-hybridized carbons (Fsp3) is 0.280. The van der Waals surface area contributed by atoms with Crippen LogP contribution in [0.2, 0.25) is 0 Å². The number of nitrogens with one attached hydrogen (secondary N) is 1. The highest BCUT2D eigenvalue weighted by atomic mass is 19.1. The maximum atomic E-state index is 12.6. The molecule has 0 bridgehead atoms. The van der Waals surface area contributed by atoms with Gasteiger partial charge in [-0.15, -0.1) is 0 Å². The number of nitro groups is 1. The molecule has 3 aromatic carbocycles. The largest absolute Gasteiger partial charge is 0.369 e. The van der Waals surface area contributed by atoms with Gasteiger partial charge in [-0.1, -0.05) is 60.7 Å². The lowest BCUT2D eigenvalue weighted by Crippen LogP contribution is -2.47. The zero-order valence-electron chi connectivity index (χ0n) is 17.9. The summed E-state index contributed by atoms with van der Waals surface area (Å²) in [5, 5.41) is 15.2. The van der Waals surface area contributed by atoms with Crippen LogP contribution in [0.1, 0.15) is 17.2 Å². The Morgan fingerprint density at radius 3 is 2.03 bits per heavy atom. The molecule has 4 rings (SSSR count). The summed E-state index contributed by atoms with van der Waals surface area (Å²) in [4.78, 5) is 15.7. The summed E-state index contributed by atoms with van der Waals surface area (Å²) in [7, 11) is 0. The molecule has 0 spiro atoms. The highest BCUT2D eigenvalue weighted by Crippen LogP contribution is 2.35. The van der Waals surface area contributed by atoms with E-state index in [1.807, 2.05) is 66.7 Å². The maximum absolute atomic E-state index is 12.6. The van der Waals surface area contributed by atoms with Crippen LogP contribution in [-0.2, 0) is 0 Å². The average molecular weight is 435 g/mol. The van der Waals surface area contributed by atoms with E-state index < -0.39 is 0 Å². The van der Waals surface area contributed by atoms with Crippen LogP contribution in [-0.4, -0.2) is 49.2 Å². The minimum atomic E-state index is -0.349. The van der Waals surface area contributed by atoms with Crippen LogP contribution < -0.4 is 10.2 Å². The van der Waals surface area contributed by atoms with Crippen molar-refractivity contribution < 1.29 is 9.31 Å². The molecule has 3 aromatic rings. The van der Waals surface area contributed by atoms with Crippen LogP contribution in [0.4, 0.5) is 21.5 Å². The van der Waals surface area contributed by atoms with Gasteiger partial charge in [0.25, 0.3) is 5.69 Å². The Morgan fingerprint density at radius 1 is 0.906 bits per heavy atom. The molecule has 0 atom stereocenters. The zero-order chi connectivity index (χ0) is 22.3. The second kappa shape index (κ2) is 10.2. The van der Waals surface area contributed by atoms with Crippen LogP contribution in [0.15, 0.2) is 78.9 Å². The maximum Gasteiger partial charge on any atom is 0.292 e. The van der Waals surface area contributed by atoms with E-state index in [-0.39, 0.29) is 23.3 Å². The van der Waals surface area contributed by atoms with Gasteiger partial charge in [0.15, 0.2) is 0 Å². The number of nitrogens with zero attached hydrogens (tertiary/aromatic N) is 3. The third kappa shape index (κ3) is 5.06. The number of anilines is 2. The molecule has 1 saturated heterocycles. The highest BCUT2D eigenvalue weighted by molar-refractivity contribution is 5.70. The second-order valence-electron chi connectivity index (χ2n) is 7.87. The summed E-state index contributed by atoms with van der Waals surface area (Å²) in [6.45, 7) is 3.19. The smallest absolute Gasteiger partial charge is 0.292 e. The van der Waals surface area contributed by atoms with Crippen LogP contribution in [0, 0.1) is 10.1 Å². The molecule has 0 amide bonds. The minimum absolute atomic E-state index is 0.0432. The number of alkyl halides is 1. The molecule has 1 aliphatic rings. The lowest BCUT2D eigenvalue weighted by molar-refractivity contribution is -0.384. The molecule has 0 saturated carbocycles. The van der Waals surface area contributed by atoms with Crippen molar-refractivity contribution in [2.45, 2.75) is 6.04 Å². The van der Waals surface area contributed by atoms with Crippen LogP contribution in [0.5, 0.6) is 0 Å². The molecule has 0 radical (unpaired) electrons. The van der Waals surface area contributed by atoms with E-state index in [2.05, 4.69) is 15.1 Å². The number of nitro benzene ring substituents is 1. The summed E-state index contributed by atoms with van der Waals surface area (Å²) < 4.78 is 12.6. The number of piperazine rings is 1. The Morgan fingerprint density at radius 2 is 1.50 bits per heavy atom. The molecule has 0 aromatic heterocycles. The van der Waals surface area contributed by atoms with Crippen molar-refractivity contribution in [1.82, 2.24) is 4.90 Å². The Balaban J connectivity index is 1.65. The van der Waals surface area contributed by atoms with Gasteiger partial charge in [0.05, 0.1) is 11.0 Å². The first kappa shape index (κ1) is 21.8. The topological polar surface area (TPSA) is 61.7 Å². The first-order valence-electron chi connectivity index (χ1n) is 10.8. The van der Waals surface area contributed by atoms with Crippen LogP contribution >= 0.6 is 0 Å². The molecular formula is C25H27FN4O2. The number of hydrogen-bond acceptors (Lipinski definition) is 5. The molecule has 6 nitrogen and oxygen atoms in total. The van der Waals surface area contributed by atoms with Crippen molar-refractivity contribution in [1.29, 1.82) is 0 Å². The Labute approximate surface area is 187 Å². The van der Waals surface area contributed by atoms with Crippen molar-refractivity contribution >= 4 is 17.1 Å². The highest BCUT2D eigenvalue weighted by Gasteiger charge is 2.23. The summed E-state index contributed by atoms with van der Waals surface area (Å²) in [6, 6.07) is 24.9. The quantitative estimate of drug-likeness (QED) is 0.404. The van der Waals surface area contributed by atoms with E-state index in [1.54, 1.807) is 12.1 Å². The Kier molecular flexibility index (Phi) is 6.97. The predicted molar refractivity (Wildman–Crippen MR) is 126 cm³/mol. The predicted octanol–water partition coefficient (Wildman–Crippen LogP) is 4.89. The third-order valence-electron chi connectivity index (χ3n) is 5.88. The lowest BCUT2D eigenvalue weighted by Gasteiger charge is -2.35. The van der Waals surface area contributed by atoms with Crippen molar-refractivity contribution in [3.8, 4) is 0 Å². The van der Waals surface area contributed by atoms with E-state index in [0.29, 0.717) is 12.2 Å². The number of rotatable bonds is 8. The lowest BCUT2D eigenvalue weighted by atomic mass is 9.98.